The van der Waals surface area contributed by atoms with Crippen molar-refractivity contribution in [2.24, 2.45) is 5.73 Å². The number of ether oxygens (including phenoxy) is 2. The summed E-state index contributed by atoms with van der Waals surface area (Å²) in [4.78, 5) is 27.7. The largest absolute Gasteiger partial charge is 0.447 e. The SMILES string of the molecule is CCCCCCCCCCCCCCCC(=O)OC(C)N1CC[N+](CCCN)(C(C)OC(=O)CCCCCCCCCCCCCCC)CC1. The summed E-state index contributed by atoms with van der Waals surface area (Å²) in [5.74, 6) is -0.144. The van der Waals surface area contributed by atoms with Gasteiger partial charge in [-0.15, -0.1) is 0 Å². The highest BCUT2D eigenvalue weighted by Crippen LogP contribution is 2.23. The molecule has 1 heterocycles. The molecule has 0 radical (unpaired) electrons. The summed E-state index contributed by atoms with van der Waals surface area (Å²) in [5.41, 5.74) is 5.92. The fourth-order valence-electron chi connectivity index (χ4n) is 7.68. The minimum absolute atomic E-state index is 0.0660. The summed E-state index contributed by atoms with van der Waals surface area (Å²) in [6.45, 7) is 13.5. The first-order valence-electron chi connectivity index (χ1n) is 22.1. The van der Waals surface area contributed by atoms with E-state index in [9.17, 15) is 9.59 Å². The quantitative estimate of drug-likeness (QED) is 0.0401. The predicted octanol–water partition coefficient (Wildman–Crippen LogP) is 11.2. The molecule has 2 atom stereocenters. The van der Waals surface area contributed by atoms with Crippen molar-refractivity contribution in [3.8, 4) is 0 Å². The number of piperazine rings is 1. The lowest BCUT2D eigenvalue weighted by atomic mass is 10.0. The molecule has 50 heavy (non-hydrogen) atoms. The molecule has 0 saturated carbocycles. The normalized spacial score (nSPS) is 15.9. The van der Waals surface area contributed by atoms with Gasteiger partial charge in [0.1, 0.15) is 0 Å². The van der Waals surface area contributed by atoms with E-state index in [-0.39, 0.29) is 24.4 Å². The van der Waals surface area contributed by atoms with Crippen LogP contribution in [0.25, 0.3) is 0 Å². The Morgan fingerprint density at radius 3 is 1.24 bits per heavy atom. The van der Waals surface area contributed by atoms with Gasteiger partial charge in [-0.2, -0.15) is 0 Å². The van der Waals surface area contributed by atoms with E-state index in [2.05, 4.69) is 25.7 Å². The number of hydrogen-bond acceptors (Lipinski definition) is 6. The zero-order valence-electron chi connectivity index (χ0n) is 34.0. The Morgan fingerprint density at radius 1 is 0.540 bits per heavy atom. The molecule has 1 fully saturated rings. The summed E-state index contributed by atoms with van der Waals surface area (Å²) in [6.07, 6.45) is 35.3. The molecular formula is C43H86N3O4+. The van der Waals surface area contributed by atoms with Crippen LogP contribution >= 0.6 is 0 Å². The molecule has 7 heteroatoms. The van der Waals surface area contributed by atoms with E-state index in [1.54, 1.807) is 0 Å². The number of nitrogens with zero attached hydrogens (tertiary/aromatic N) is 2. The Hall–Kier alpha value is -1.18. The van der Waals surface area contributed by atoms with Crippen molar-refractivity contribution in [3.63, 3.8) is 0 Å². The van der Waals surface area contributed by atoms with Gasteiger partial charge in [-0.1, -0.05) is 168 Å². The lowest BCUT2D eigenvalue weighted by Crippen LogP contribution is -2.66. The summed E-state index contributed by atoms with van der Waals surface area (Å²) in [7, 11) is 0. The molecular weight excluding hydrogens is 622 g/mol. The van der Waals surface area contributed by atoms with Crippen LogP contribution < -0.4 is 5.73 Å². The van der Waals surface area contributed by atoms with Crippen molar-refractivity contribution in [1.82, 2.24) is 4.90 Å². The molecule has 7 nitrogen and oxygen atoms in total. The number of quaternary nitrogens is 1. The molecule has 1 rings (SSSR count). The van der Waals surface area contributed by atoms with E-state index in [4.69, 9.17) is 15.2 Å². The maximum absolute atomic E-state index is 12.8. The Morgan fingerprint density at radius 2 is 0.880 bits per heavy atom. The fraction of sp³-hybridized carbons (Fsp3) is 0.953. The van der Waals surface area contributed by atoms with Crippen LogP contribution in [-0.2, 0) is 19.1 Å². The van der Waals surface area contributed by atoms with E-state index in [1.165, 1.54) is 141 Å². The fourth-order valence-corrected chi connectivity index (χ4v) is 7.68. The Kier molecular flexibility index (Phi) is 30.4. The highest BCUT2D eigenvalue weighted by molar-refractivity contribution is 5.69. The summed E-state index contributed by atoms with van der Waals surface area (Å²) in [5, 5.41) is 0. The van der Waals surface area contributed by atoms with Gasteiger partial charge in [0.15, 0.2) is 6.23 Å². The molecule has 0 bridgehead atoms. The molecule has 1 aliphatic rings. The zero-order valence-corrected chi connectivity index (χ0v) is 34.0. The molecule has 0 aromatic carbocycles. The third-order valence-electron chi connectivity index (χ3n) is 11.3. The standard InChI is InChI=1S/C43H86N3O4/c1-5-7-9-11-13-15-17-19-21-23-25-27-29-32-42(47)49-40(3)45-35-38-46(39-36-45,37-31-34-44)41(4)50-43(48)33-30-28-26-24-22-20-18-16-14-12-10-8-6-2/h40-41H,5-39,44H2,1-4H3/q+1. The van der Waals surface area contributed by atoms with E-state index in [0.29, 0.717) is 19.4 Å². The van der Waals surface area contributed by atoms with Gasteiger partial charge in [-0.3, -0.25) is 19.0 Å². The van der Waals surface area contributed by atoms with Crippen molar-refractivity contribution in [3.05, 3.63) is 0 Å². The number of esters is 2. The second-order valence-electron chi connectivity index (χ2n) is 15.7. The van der Waals surface area contributed by atoms with Crippen molar-refractivity contribution in [2.75, 3.05) is 39.3 Å². The third kappa shape index (κ3) is 24.1. The van der Waals surface area contributed by atoms with Gasteiger partial charge in [0.2, 0.25) is 6.23 Å². The zero-order chi connectivity index (χ0) is 36.5. The van der Waals surface area contributed by atoms with Crippen LogP contribution in [0.3, 0.4) is 0 Å². The van der Waals surface area contributed by atoms with Crippen LogP contribution in [0, 0.1) is 0 Å². The first kappa shape index (κ1) is 46.8. The molecule has 2 N–H and O–H groups in total. The highest BCUT2D eigenvalue weighted by atomic mass is 16.6. The van der Waals surface area contributed by atoms with Gasteiger partial charge < -0.3 is 15.2 Å². The Labute approximate surface area is 311 Å². The Balaban J connectivity index is 2.20. The average Bonchev–Trinajstić information content (AvgIpc) is 3.11. The van der Waals surface area contributed by atoms with E-state index in [0.717, 1.165) is 69.3 Å². The van der Waals surface area contributed by atoms with Crippen LogP contribution in [0.15, 0.2) is 0 Å². The number of carbonyl (C=O) groups is 2. The summed E-state index contributed by atoms with van der Waals surface area (Å²) >= 11 is 0. The van der Waals surface area contributed by atoms with Crippen LogP contribution in [0.2, 0.25) is 0 Å². The molecule has 0 aromatic heterocycles. The minimum Gasteiger partial charge on any atom is -0.447 e. The van der Waals surface area contributed by atoms with Crippen molar-refractivity contribution >= 4 is 11.9 Å². The third-order valence-corrected chi connectivity index (χ3v) is 11.3. The van der Waals surface area contributed by atoms with Gasteiger partial charge in [0.05, 0.1) is 32.7 Å². The smallest absolute Gasteiger partial charge is 0.310 e. The van der Waals surface area contributed by atoms with Gasteiger partial charge >= 0.3 is 11.9 Å². The molecule has 296 valence electrons. The van der Waals surface area contributed by atoms with Crippen LogP contribution in [-0.4, -0.2) is 73.0 Å². The van der Waals surface area contributed by atoms with Crippen LogP contribution in [0.5, 0.6) is 0 Å². The second kappa shape index (κ2) is 32.5. The molecule has 1 saturated heterocycles. The van der Waals surface area contributed by atoms with Gasteiger partial charge in [-0.05, 0) is 26.3 Å². The summed E-state index contributed by atoms with van der Waals surface area (Å²) in [6, 6.07) is 0. The van der Waals surface area contributed by atoms with Gasteiger partial charge in [0.25, 0.3) is 0 Å². The minimum atomic E-state index is -0.227. The Bertz CT molecular complexity index is 786. The predicted molar refractivity (Wildman–Crippen MR) is 212 cm³/mol. The lowest BCUT2D eigenvalue weighted by Gasteiger charge is -2.48. The van der Waals surface area contributed by atoms with Crippen molar-refractivity contribution < 1.29 is 23.5 Å². The van der Waals surface area contributed by atoms with Crippen LogP contribution in [0.1, 0.15) is 214 Å². The van der Waals surface area contributed by atoms with Gasteiger partial charge in [0, 0.05) is 26.2 Å². The van der Waals surface area contributed by atoms with Gasteiger partial charge in [-0.25, -0.2) is 0 Å². The van der Waals surface area contributed by atoms with Crippen LogP contribution in [0.4, 0.5) is 0 Å². The van der Waals surface area contributed by atoms with Crippen molar-refractivity contribution in [2.45, 2.75) is 226 Å². The number of rotatable bonds is 35. The van der Waals surface area contributed by atoms with Crippen molar-refractivity contribution in [1.29, 1.82) is 0 Å². The average molecular weight is 709 g/mol. The maximum Gasteiger partial charge on any atom is 0.310 e. The topological polar surface area (TPSA) is 81.9 Å². The molecule has 1 aliphatic heterocycles. The molecule has 0 aromatic rings. The number of hydrogen-bond donors (Lipinski definition) is 1. The molecule has 0 spiro atoms. The lowest BCUT2D eigenvalue weighted by molar-refractivity contribution is -0.971. The molecule has 0 aliphatic carbocycles. The summed E-state index contributed by atoms with van der Waals surface area (Å²) < 4.78 is 12.7. The number of carbonyl (C=O) groups excluding carboxylic acids is 2. The highest BCUT2D eigenvalue weighted by Gasteiger charge is 2.40. The monoisotopic (exact) mass is 709 g/mol. The maximum atomic E-state index is 12.8. The number of nitrogens with two attached hydrogens (primary N) is 1. The molecule has 2 unspecified atom stereocenters. The second-order valence-corrected chi connectivity index (χ2v) is 15.7. The van der Waals surface area contributed by atoms with E-state index >= 15 is 0 Å². The first-order valence-corrected chi connectivity index (χ1v) is 22.1. The van der Waals surface area contributed by atoms with E-state index in [1.807, 2.05) is 6.92 Å². The first-order chi connectivity index (χ1) is 24.4. The molecule has 0 amide bonds. The van der Waals surface area contributed by atoms with E-state index < -0.39 is 0 Å². The number of unbranched alkanes of at least 4 members (excludes halogenated alkanes) is 24.